The number of hydrogen-bond acceptors (Lipinski definition) is 3. The lowest BCUT2D eigenvalue weighted by molar-refractivity contribution is 0.810. The predicted octanol–water partition coefficient (Wildman–Crippen LogP) is 2.86. The van der Waals surface area contributed by atoms with Crippen LogP contribution in [0.4, 0.5) is 0 Å². The van der Waals surface area contributed by atoms with Gasteiger partial charge in [0.25, 0.3) is 0 Å². The van der Waals surface area contributed by atoms with Gasteiger partial charge < -0.3 is 5.32 Å². The van der Waals surface area contributed by atoms with Gasteiger partial charge in [-0.3, -0.25) is 0 Å². The Balaban J connectivity index is 1.86. The summed E-state index contributed by atoms with van der Waals surface area (Å²) in [5.74, 6) is 2.47. The molecule has 0 aliphatic heterocycles. The average Bonchev–Trinajstić information content (AvgIpc) is 3.11. The lowest BCUT2D eigenvalue weighted by atomic mass is 10.2. The molecule has 0 aromatic carbocycles. The monoisotopic (exact) mass is 222 g/mol. The van der Waals surface area contributed by atoms with Crippen LogP contribution in [-0.2, 0) is 6.54 Å². The Hall–Kier alpha value is -0.410. The summed E-state index contributed by atoms with van der Waals surface area (Å²) < 4.78 is 0. The van der Waals surface area contributed by atoms with Crippen molar-refractivity contribution in [2.75, 3.05) is 7.05 Å². The van der Waals surface area contributed by atoms with E-state index in [0.717, 1.165) is 24.3 Å². The lowest BCUT2D eigenvalue weighted by Crippen LogP contribution is -2.05. The van der Waals surface area contributed by atoms with Crippen molar-refractivity contribution in [3.8, 4) is 0 Å². The second kappa shape index (κ2) is 3.56. The van der Waals surface area contributed by atoms with E-state index in [1.54, 1.807) is 0 Å². The van der Waals surface area contributed by atoms with Crippen molar-refractivity contribution >= 4 is 11.3 Å². The molecule has 15 heavy (non-hydrogen) atoms. The zero-order valence-corrected chi connectivity index (χ0v) is 10.2. The fourth-order valence-corrected chi connectivity index (χ4v) is 3.58. The van der Waals surface area contributed by atoms with Gasteiger partial charge in [0.15, 0.2) is 0 Å². The van der Waals surface area contributed by atoms with Crippen LogP contribution in [-0.4, -0.2) is 12.0 Å². The largest absolute Gasteiger partial charge is 0.315 e. The summed E-state index contributed by atoms with van der Waals surface area (Å²) in [6.07, 6.45) is 4.08. The molecule has 1 aromatic heterocycles. The molecule has 0 amide bonds. The molecule has 1 heterocycles. The Morgan fingerprint density at radius 1 is 1.47 bits per heavy atom. The minimum atomic E-state index is 0.790. The SMILES string of the molecule is CNCc1sc(C2CC2C)nc1C1CC1. The summed E-state index contributed by atoms with van der Waals surface area (Å²) in [5, 5.41) is 4.67. The first-order valence-corrected chi connectivity index (χ1v) is 6.75. The second-order valence-corrected chi connectivity index (χ2v) is 6.10. The topological polar surface area (TPSA) is 24.9 Å². The van der Waals surface area contributed by atoms with Gasteiger partial charge in [0.05, 0.1) is 10.7 Å². The smallest absolute Gasteiger partial charge is 0.0965 e. The van der Waals surface area contributed by atoms with Crippen LogP contribution in [0, 0.1) is 5.92 Å². The van der Waals surface area contributed by atoms with Gasteiger partial charge in [0, 0.05) is 23.3 Å². The van der Waals surface area contributed by atoms with Gasteiger partial charge in [0.2, 0.25) is 0 Å². The summed E-state index contributed by atoms with van der Waals surface area (Å²) in [6, 6.07) is 0. The van der Waals surface area contributed by atoms with Crippen LogP contribution < -0.4 is 5.32 Å². The molecule has 2 atom stereocenters. The van der Waals surface area contributed by atoms with Gasteiger partial charge in [-0.1, -0.05) is 6.92 Å². The highest BCUT2D eigenvalue weighted by molar-refractivity contribution is 7.11. The summed E-state index contributed by atoms with van der Waals surface area (Å²) in [6.45, 7) is 3.34. The fourth-order valence-electron chi connectivity index (χ4n) is 2.17. The maximum atomic E-state index is 4.88. The van der Waals surface area contributed by atoms with Crippen LogP contribution in [0.2, 0.25) is 0 Å². The highest BCUT2D eigenvalue weighted by atomic mass is 32.1. The molecule has 2 aliphatic rings. The van der Waals surface area contributed by atoms with Crippen molar-refractivity contribution in [1.29, 1.82) is 0 Å². The summed E-state index contributed by atoms with van der Waals surface area (Å²) >= 11 is 1.95. The molecular formula is C12H18N2S. The molecule has 0 radical (unpaired) electrons. The molecular weight excluding hydrogens is 204 g/mol. The molecule has 2 fully saturated rings. The maximum Gasteiger partial charge on any atom is 0.0965 e. The first-order chi connectivity index (χ1) is 7.29. The summed E-state index contributed by atoms with van der Waals surface area (Å²) in [5.41, 5.74) is 1.42. The number of aromatic nitrogens is 1. The van der Waals surface area contributed by atoms with Crippen LogP contribution >= 0.6 is 11.3 Å². The lowest BCUT2D eigenvalue weighted by Gasteiger charge is -1.97. The molecule has 3 heteroatoms. The van der Waals surface area contributed by atoms with Crippen molar-refractivity contribution in [3.63, 3.8) is 0 Å². The first-order valence-electron chi connectivity index (χ1n) is 5.93. The van der Waals surface area contributed by atoms with Crippen LogP contribution in [0.1, 0.15) is 53.6 Å². The normalized spacial score (nSPS) is 29.5. The summed E-state index contributed by atoms with van der Waals surface area (Å²) in [7, 11) is 2.02. The maximum absolute atomic E-state index is 4.88. The van der Waals surface area contributed by atoms with E-state index in [4.69, 9.17) is 4.98 Å². The van der Waals surface area contributed by atoms with Crippen LogP contribution in [0.3, 0.4) is 0 Å². The third-order valence-electron chi connectivity index (χ3n) is 3.47. The third kappa shape index (κ3) is 1.83. The number of nitrogens with one attached hydrogen (secondary N) is 1. The van der Waals surface area contributed by atoms with Gasteiger partial charge in [-0.15, -0.1) is 11.3 Å². The van der Waals surface area contributed by atoms with E-state index < -0.39 is 0 Å². The van der Waals surface area contributed by atoms with Crippen molar-refractivity contribution in [2.24, 2.45) is 5.92 Å². The Kier molecular flexibility index (Phi) is 2.33. The van der Waals surface area contributed by atoms with Gasteiger partial charge in [-0.05, 0) is 32.2 Å². The highest BCUT2D eigenvalue weighted by Gasteiger charge is 2.38. The van der Waals surface area contributed by atoms with Crippen LogP contribution in [0.15, 0.2) is 0 Å². The molecule has 3 rings (SSSR count). The van der Waals surface area contributed by atoms with E-state index in [1.165, 1.54) is 34.8 Å². The van der Waals surface area contributed by atoms with E-state index >= 15 is 0 Å². The van der Waals surface area contributed by atoms with Crippen molar-refractivity contribution in [1.82, 2.24) is 10.3 Å². The van der Waals surface area contributed by atoms with E-state index in [-0.39, 0.29) is 0 Å². The molecule has 0 bridgehead atoms. The molecule has 2 aliphatic carbocycles. The third-order valence-corrected chi connectivity index (χ3v) is 4.68. The molecule has 0 saturated heterocycles. The quantitative estimate of drug-likeness (QED) is 0.847. The Bertz CT molecular complexity index is 368. The minimum Gasteiger partial charge on any atom is -0.315 e. The summed E-state index contributed by atoms with van der Waals surface area (Å²) in [4.78, 5) is 6.38. The number of hydrogen-bond donors (Lipinski definition) is 1. The number of thiazole rings is 1. The standard InChI is InChI=1S/C12H18N2S/c1-7-5-9(7)12-14-11(8-3-4-8)10(15-12)6-13-2/h7-9,13H,3-6H2,1-2H3. The predicted molar refractivity (Wildman–Crippen MR) is 63.4 cm³/mol. The van der Waals surface area contributed by atoms with Crippen molar-refractivity contribution < 1.29 is 0 Å². The van der Waals surface area contributed by atoms with Gasteiger partial charge >= 0.3 is 0 Å². The molecule has 0 spiro atoms. The Labute approximate surface area is 95.1 Å². The number of rotatable bonds is 4. The second-order valence-electron chi connectivity index (χ2n) is 4.98. The van der Waals surface area contributed by atoms with Gasteiger partial charge in [-0.25, -0.2) is 4.98 Å². The number of nitrogens with zero attached hydrogens (tertiary/aromatic N) is 1. The Morgan fingerprint density at radius 3 is 2.73 bits per heavy atom. The molecule has 2 nitrogen and oxygen atoms in total. The zero-order chi connectivity index (χ0) is 10.4. The van der Waals surface area contributed by atoms with Crippen LogP contribution in [0.25, 0.3) is 0 Å². The molecule has 1 N–H and O–H groups in total. The van der Waals surface area contributed by atoms with E-state index in [0.29, 0.717) is 0 Å². The average molecular weight is 222 g/mol. The zero-order valence-electron chi connectivity index (χ0n) is 9.42. The van der Waals surface area contributed by atoms with Crippen molar-refractivity contribution in [2.45, 2.75) is 44.6 Å². The van der Waals surface area contributed by atoms with Gasteiger partial charge in [-0.2, -0.15) is 0 Å². The Morgan fingerprint density at radius 2 is 2.20 bits per heavy atom. The van der Waals surface area contributed by atoms with E-state index in [2.05, 4.69) is 12.2 Å². The fraction of sp³-hybridized carbons (Fsp3) is 0.750. The molecule has 2 unspecified atom stereocenters. The molecule has 2 saturated carbocycles. The highest BCUT2D eigenvalue weighted by Crippen LogP contribution is 2.51. The van der Waals surface area contributed by atoms with Crippen molar-refractivity contribution in [3.05, 3.63) is 15.6 Å². The van der Waals surface area contributed by atoms with Gasteiger partial charge in [0.1, 0.15) is 0 Å². The molecule has 1 aromatic rings. The van der Waals surface area contributed by atoms with E-state index in [1.807, 2.05) is 18.4 Å². The van der Waals surface area contributed by atoms with E-state index in [9.17, 15) is 0 Å². The minimum absolute atomic E-state index is 0.790. The molecule has 82 valence electrons. The first kappa shape index (κ1) is 9.79. The van der Waals surface area contributed by atoms with Crippen LogP contribution in [0.5, 0.6) is 0 Å².